The van der Waals surface area contributed by atoms with Gasteiger partial charge in [0.25, 0.3) is 0 Å². The lowest BCUT2D eigenvalue weighted by Crippen LogP contribution is -2.08. The maximum absolute atomic E-state index is 4.26. The predicted octanol–water partition coefficient (Wildman–Crippen LogP) is 3.30. The summed E-state index contributed by atoms with van der Waals surface area (Å²) in [6.45, 7) is 10.2. The molecule has 0 aliphatic heterocycles. The molecule has 0 aliphatic rings. The quantitative estimate of drug-likeness (QED) is 0.766. The summed E-state index contributed by atoms with van der Waals surface area (Å²) >= 11 is 1.66. The fraction of sp³-hybridized carbons (Fsp3) is 0.667. The third kappa shape index (κ3) is 4.34. The Morgan fingerprint density at radius 1 is 1.42 bits per heavy atom. The molecule has 0 fully saturated rings. The van der Waals surface area contributed by atoms with E-state index in [2.05, 4.69) is 24.1 Å². The summed E-state index contributed by atoms with van der Waals surface area (Å²) < 4.78 is 0. The van der Waals surface area contributed by atoms with E-state index >= 15 is 0 Å². The SMILES string of the molecule is CC.Cc1csc(NC(C)C)n1. The summed E-state index contributed by atoms with van der Waals surface area (Å²) in [5.41, 5.74) is 1.09. The zero-order chi connectivity index (χ0) is 9.56. The number of rotatable bonds is 2. The molecule has 0 unspecified atom stereocenters. The zero-order valence-corrected chi connectivity index (χ0v) is 9.33. The molecule has 0 spiro atoms. The number of nitrogens with zero attached hydrogens (tertiary/aromatic N) is 1. The largest absolute Gasteiger partial charge is 0.359 e. The molecule has 2 nitrogen and oxygen atoms in total. The summed E-state index contributed by atoms with van der Waals surface area (Å²) in [6, 6.07) is 0.477. The average molecular weight is 186 g/mol. The van der Waals surface area contributed by atoms with E-state index in [1.54, 1.807) is 11.3 Å². The highest BCUT2D eigenvalue weighted by Gasteiger charge is 1.97. The van der Waals surface area contributed by atoms with Crippen molar-refractivity contribution in [3.8, 4) is 0 Å². The van der Waals surface area contributed by atoms with Crippen LogP contribution in [0.1, 0.15) is 33.4 Å². The molecular weight excluding hydrogens is 168 g/mol. The van der Waals surface area contributed by atoms with Crippen LogP contribution in [0.4, 0.5) is 5.13 Å². The summed E-state index contributed by atoms with van der Waals surface area (Å²) in [5.74, 6) is 0. The highest BCUT2D eigenvalue weighted by molar-refractivity contribution is 7.13. The van der Waals surface area contributed by atoms with Gasteiger partial charge in [0.1, 0.15) is 0 Å². The van der Waals surface area contributed by atoms with Gasteiger partial charge in [0.15, 0.2) is 5.13 Å². The maximum Gasteiger partial charge on any atom is 0.183 e. The number of anilines is 1. The number of aryl methyl sites for hydroxylation is 1. The van der Waals surface area contributed by atoms with Gasteiger partial charge >= 0.3 is 0 Å². The lowest BCUT2D eigenvalue weighted by atomic mass is 10.4. The van der Waals surface area contributed by atoms with Gasteiger partial charge in [-0.3, -0.25) is 0 Å². The lowest BCUT2D eigenvalue weighted by molar-refractivity contribution is 0.895. The summed E-state index contributed by atoms with van der Waals surface area (Å²) in [4.78, 5) is 4.26. The van der Waals surface area contributed by atoms with Gasteiger partial charge < -0.3 is 5.32 Å². The molecule has 0 bridgehead atoms. The third-order valence-corrected chi connectivity index (χ3v) is 1.92. The highest BCUT2D eigenvalue weighted by atomic mass is 32.1. The fourth-order valence-electron chi connectivity index (χ4n) is 0.667. The lowest BCUT2D eigenvalue weighted by Gasteiger charge is -2.03. The van der Waals surface area contributed by atoms with Crippen LogP contribution in [0.2, 0.25) is 0 Å². The Hall–Kier alpha value is -0.570. The van der Waals surface area contributed by atoms with Gasteiger partial charge in [-0.2, -0.15) is 0 Å². The summed E-state index contributed by atoms with van der Waals surface area (Å²) in [6.07, 6.45) is 0. The molecule has 0 saturated carbocycles. The first-order chi connectivity index (χ1) is 5.68. The molecule has 0 amide bonds. The molecule has 70 valence electrons. The Bertz CT molecular complexity index is 206. The average Bonchev–Trinajstić information content (AvgIpc) is 2.39. The topological polar surface area (TPSA) is 24.9 Å². The second kappa shape index (κ2) is 6.00. The van der Waals surface area contributed by atoms with Gasteiger partial charge in [-0.1, -0.05) is 13.8 Å². The Kier molecular flexibility index (Phi) is 5.72. The number of hydrogen-bond acceptors (Lipinski definition) is 3. The van der Waals surface area contributed by atoms with Gasteiger partial charge in [0, 0.05) is 11.4 Å². The van der Waals surface area contributed by atoms with Crippen LogP contribution in [0, 0.1) is 6.92 Å². The minimum atomic E-state index is 0.477. The molecule has 1 aromatic rings. The summed E-state index contributed by atoms with van der Waals surface area (Å²) in [7, 11) is 0. The molecule has 12 heavy (non-hydrogen) atoms. The van der Waals surface area contributed by atoms with Gasteiger partial charge in [-0.05, 0) is 20.8 Å². The van der Waals surface area contributed by atoms with E-state index in [-0.39, 0.29) is 0 Å². The van der Waals surface area contributed by atoms with Crippen molar-refractivity contribution in [3.63, 3.8) is 0 Å². The molecule has 0 saturated heterocycles. The van der Waals surface area contributed by atoms with Crippen molar-refractivity contribution in [1.29, 1.82) is 0 Å². The standard InChI is InChI=1S/C7H12N2S.C2H6/c1-5(2)8-7-9-6(3)4-10-7;1-2/h4-5H,1-3H3,(H,8,9);1-2H3. The van der Waals surface area contributed by atoms with E-state index in [1.807, 2.05) is 26.2 Å². The van der Waals surface area contributed by atoms with E-state index in [0.717, 1.165) is 10.8 Å². The Labute approximate surface area is 79.0 Å². The zero-order valence-electron chi connectivity index (χ0n) is 8.51. The second-order valence-electron chi connectivity index (χ2n) is 2.59. The van der Waals surface area contributed by atoms with Crippen molar-refractivity contribution in [2.45, 2.75) is 40.7 Å². The van der Waals surface area contributed by atoms with Crippen LogP contribution in [0.25, 0.3) is 0 Å². The van der Waals surface area contributed by atoms with E-state index in [0.29, 0.717) is 6.04 Å². The molecule has 1 N–H and O–H groups in total. The minimum absolute atomic E-state index is 0.477. The van der Waals surface area contributed by atoms with Gasteiger partial charge in [-0.25, -0.2) is 4.98 Å². The van der Waals surface area contributed by atoms with Crippen LogP contribution in [-0.2, 0) is 0 Å². The Morgan fingerprint density at radius 3 is 2.33 bits per heavy atom. The van der Waals surface area contributed by atoms with Crippen molar-refractivity contribution in [2.75, 3.05) is 5.32 Å². The third-order valence-electron chi connectivity index (χ3n) is 1.03. The molecular formula is C9H18N2S. The molecule has 3 heteroatoms. The van der Waals surface area contributed by atoms with Crippen molar-refractivity contribution in [1.82, 2.24) is 4.98 Å². The predicted molar refractivity (Wildman–Crippen MR) is 57.0 cm³/mol. The monoisotopic (exact) mass is 186 g/mol. The molecule has 0 aromatic carbocycles. The normalized spacial score (nSPS) is 9.17. The highest BCUT2D eigenvalue weighted by Crippen LogP contribution is 2.14. The molecule has 0 radical (unpaired) electrons. The van der Waals surface area contributed by atoms with Gasteiger partial charge in [-0.15, -0.1) is 11.3 Å². The number of thiazole rings is 1. The first kappa shape index (κ1) is 11.4. The first-order valence-corrected chi connectivity index (χ1v) is 5.25. The number of nitrogens with one attached hydrogen (secondary N) is 1. The fourth-order valence-corrected chi connectivity index (χ4v) is 1.50. The van der Waals surface area contributed by atoms with E-state index < -0.39 is 0 Å². The Morgan fingerprint density at radius 2 is 2.00 bits per heavy atom. The van der Waals surface area contributed by atoms with Crippen LogP contribution >= 0.6 is 11.3 Å². The number of hydrogen-bond donors (Lipinski definition) is 1. The minimum Gasteiger partial charge on any atom is -0.359 e. The van der Waals surface area contributed by atoms with Crippen LogP contribution < -0.4 is 5.32 Å². The Balaban J connectivity index is 0.000000561. The molecule has 0 aliphatic carbocycles. The molecule has 1 heterocycles. The number of aromatic nitrogens is 1. The van der Waals surface area contributed by atoms with Crippen LogP contribution in [-0.4, -0.2) is 11.0 Å². The molecule has 1 aromatic heterocycles. The van der Waals surface area contributed by atoms with Crippen LogP contribution in [0.3, 0.4) is 0 Å². The molecule has 0 atom stereocenters. The van der Waals surface area contributed by atoms with Crippen molar-refractivity contribution < 1.29 is 0 Å². The van der Waals surface area contributed by atoms with Crippen molar-refractivity contribution >= 4 is 16.5 Å². The van der Waals surface area contributed by atoms with Crippen LogP contribution in [0.15, 0.2) is 5.38 Å². The van der Waals surface area contributed by atoms with E-state index in [9.17, 15) is 0 Å². The maximum atomic E-state index is 4.26. The summed E-state index contributed by atoms with van der Waals surface area (Å²) in [5, 5.41) is 6.30. The molecule has 1 rings (SSSR count). The van der Waals surface area contributed by atoms with Crippen molar-refractivity contribution in [3.05, 3.63) is 11.1 Å². The van der Waals surface area contributed by atoms with Gasteiger partial charge in [0.2, 0.25) is 0 Å². The van der Waals surface area contributed by atoms with Crippen molar-refractivity contribution in [2.24, 2.45) is 0 Å². The second-order valence-corrected chi connectivity index (χ2v) is 3.45. The van der Waals surface area contributed by atoms with E-state index in [1.165, 1.54) is 0 Å². The first-order valence-electron chi connectivity index (χ1n) is 4.37. The van der Waals surface area contributed by atoms with Gasteiger partial charge in [0.05, 0.1) is 5.69 Å². The smallest absolute Gasteiger partial charge is 0.183 e. The van der Waals surface area contributed by atoms with E-state index in [4.69, 9.17) is 0 Å². The van der Waals surface area contributed by atoms with Crippen LogP contribution in [0.5, 0.6) is 0 Å².